The summed E-state index contributed by atoms with van der Waals surface area (Å²) in [7, 11) is 1.60. The lowest BCUT2D eigenvalue weighted by molar-refractivity contribution is -0.147. The van der Waals surface area contributed by atoms with Crippen molar-refractivity contribution >= 4 is 17.5 Å². The van der Waals surface area contributed by atoms with E-state index in [9.17, 15) is 9.59 Å². The van der Waals surface area contributed by atoms with Crippen LogP contribution in [-0.4, -0.2) is 37.8 Å². The molecular formula is C26H27NO5. The monoisotopic (exact) mass is 433 g/mol. The standard InChI is InChI=1S/C26H27NO5/c1-17-23(26(29)32-15-14-31-19-9-4-3-5-10-19)24(18-8-6-11-20(16-18)30-2)25-21(27-17)12-7-13-22(25)28/h3-6,8-11,16,23-24H,7,12-15H2,1-2H3/t23?,24-/m1/s1. The average Bonchev–Trinajstić information content (AvgIpc) is 2.81. The normalized spacial score (nSPS) is 20.3. The summed E-state index contributed by atoms with van der Waals surface area (Å²) in [5, 5.41) is 0. The van der Waals surface area contributed by atoms with E-state index in [-0.39, 0.29) is 19.0 Å². The first-order valence-corrected chi connectivity index (χ1v) is 10.9. The maximum absolute atomic E-state index is 13.2. The average molecular weight is 434 g/mol. The van der Waals surface area contributed by atoms with E-state index in [4.69, 9.17) is 14.2 Å². The predicted octanol–water partition coefficient (Wildman–Crippen LogP) is 4.50. The van der Waals surface area contributed by atoms with Gasteiger partial charge in [0.15, 0.2) is 5.78 Å². The van der Waals surface area contributed by atoms with Gasteiger partial charge in [-0.2, -0.15) is 0 Å². The molecule has 0 saturated heterocycles. The molecule has 2 atom stereocenters. The van der Waals surface area contributed by atoms with Gasteiger partial charge in [0.2, 0.25) is 0 Å². The summed E-state index contributed by atoms with van der Waals surface area (Å²) in [4.78, 5) is 30.8. The van der Waals surface area contributed by atoms with Crippen LogP contribution >= 0.6 is 0 Å². The van der Waals surface area contributed by atoms with E-state index < -0.39 is 17.8 Å². The third-order valence-corrected chi connectivity index (χ3v) is 5.88. The van der Waals surface area contributed by atoms with Gasteiger partial charge in [-0.3, -0.25) is 14.6 Å². The molecule has 0 aromatic heterocycles. The lowest BCUT2D eigenvalue weighted by Crippen LogP contribution is -2.37. The van der Waals surface area contributed by atoms with E-state index in [0.717, 1.165) is 29.9 Å². The molecule has 32 heavy (non-hydrogen) atoms. The van der Waals surface area contributed by atoms with Crippen molar-refractivity contribution in [1.29, 1.82) is 0 Å². The highest BCUT2D eigenvalue weighted by molar-refractivity contribution is 6.08. The molecule has 0 amide bonds. The fraction of sp³-hybridized carbons (Fsp3) is 0.346. The van der Waals surface area contributed by atoms with Crippen molar-refractivity contribution in [1.82, 2.24) is 0 Å². The summed E-state index contributed by atoms with van der Waals surface area (Å²) in [5.74, 6) is -0.0546. The van der Waals surface area contributed by atoms with E-state index in [2.05, 4.69) is 4.99 Å². The summed E-state index contributed by atoms with van der Waals surface area (Å²) in [5.41, 5.74) is 2.95. The number of allylic oxidation sites excluding steroid dienone is 2. The van der Waals surface area contributed by atoms with Crippen molar-refractivity contribution in [2.24, 2.45) is 10.9 Å². The van der Waals surface area contributed by atoms with Crippen LogP contribution in [0.4, 0.5) is 0 Å². The highest BCUT2D eigenvalue weighted by Crippen LogP contribution is 2.44. The van der Waals surface area contributed by atoms with Crippen LogP contribution in [0.5, 0.6) is 11.5 Å². The number of esters is 1. The van der Waals surface area contributed by atoms with Crippen molar-refractivity contribution in [2.45, 2.75) is 32.1 Å². The smallest absolute Gasteiger partial charge is 0.315 e. The van der Waals surface area contributed by atoms with Crippen molar-refractivity contribution in [3.63, 3.8) is 0 Å². The molecule has 0 bridgehead atoms. The van der Waals surface area contributed by atoms with E-state index in [1.54, 1.807) is 7.11 Å². The molecule has 1 heterocycles. The van der Waals surface area contributed by atoms with E-state index >= 15 is 0 Å². The lowest BCUT2D eigenvalue weighted by Gasteiger charge is -2.34. The van der Waals surface area contributed by atoms with Gasteiger partial charge in [0, 0.05) is 29.3 Å². The zero-order valence-electron chi connectivity index (χ0n) is 18.4. The second-order valence-electron chi connectivity index (χ2n) is 7.95. The van der Waals surface area contributed by atoms with Crippen molar-refractivity contribution in [3.05, 3.63) is 71.4 Å². The Morgan fingerprint density at radius 1 is 1.03 bits per heavy atom. The molecule has 1 aliphatic carbocycles. The molecule has 6 nitrogen and oxygen atoms in total. The van der Waals surface area contributed by atoms with Gasteiger partial charge in [-0.25, -0.2) is 0 Å². The van der Waals surface area contributed by atoms with Gasteiger partial charge < -0.3 is 14.2 Å². The van der Waals surface area contributed by atoms with Crippen molar-refractivity contribution in [3.8, 4) is 11.5 Å². The second kappa shape index (κ2) is 9.81. The van der Waals surface area contributed by atoms with Gasteiger partial charge in [0.05, 0.1) is 7.11 Å². The Balaban J connectivity index is 1.57. The van der Waals surface area contributed by atoms with Gasteiger partial charge in [-0.15, -0.1) is 0 Å². The summed E-state index contributed by atoms with van der Waals surface area (Å²) < 4.78 is 16.6. The van der Waals surface area contributed by atoms with E-state index in [1.165, 1.54) is 0 Å². The van der Waals surface area contributed by atoms with Gasteiger partial charge >= 0.3 is 5.97 Å². The van der Waals surface area contributed by atoms with Crippen LogP contribution in [0.1, 0.15) is 37.7 Å². The molecular weight excluding hydrogens is 406 g/mol. The van der Waals surface area contributed by atoms with Crippen LogP contribution in [0, 0.1) is 5.92 Å². The highest BCUT2D eigenvalue weighted by atomic mass is 16.6. The number of ether oxygens (including phenoxy) is 3. The number of benzene rings is 2. The number of ketones is 1. The summed E-state index contributed by atoms with van der Waals surface area (Å²) in [6, 6.07) is 16.9. The summed E-state index contributed by atoms with van der Waals surface area (Å²) in [6.07, 6.45) is 2.00. The quantitative estimate of drug-likeness (QED) is 0.475. The third kappa shape index (κ3) is 4.59. The zero-order chi connectivity index (χ0) is 22.5. The second-order valence-corrected chi connectivity index (χ2v) is 7.95. The largest absolute Gasteiger partial charge is 0.497 e. The van der Waals surface area contributed by atoms with Crippen molar-refractivity contribution < 1.29 is 23.8 Å². The minimum atomic E-state index is -0.667. The van der Waals surface area contributed by atoms with Crippen molar-refractivity contribution in [2.75, 3.05) is 20.3 Å². The summed E-state index contributed by atoms with van der Waals surface area (Å²) in [6.45, 7) is 2.19. The Kier molecular flexibility index (Phi) is 6.69. The molecule has 2 aromatic carbocycles. The number of carbonyl (C=O) groups excluding carboxylic acids is 2. The van der Waals surface area contributed by atoms with Crippen LogP contribution in [0.15, 0.2) is 70.9 Å². The Morgan fingerprint density at radius 3 is 2.59 bits per heavy atom. The van der Waals surface area contributed by atoms with Gasteiger partial charge in [0.25, 0.3) is 0 Å². The zero-order valence-corrected chi connectivity index (χ0v) is 18.4. The van der Waals surface area contributed by atoms with Crippen LogP contribution in [0.3, 0.4) is 0 Å². The first-order valence-electron chi connectivity index (χ1n) is 10.9. The Morgan fingerprint density at radius 2 is 1.81 bits per heavy atom. The van der Waals surface area contributed by atoms with Crippen LogP contribution in [0.25, 0.3) is 0 Å². The number of hydrogen-bond donors (Lipinski definition) is 0. The van der Waals surface area contributed by atoms with E-state index in [1.807, 2.05) is 61.5 Å². The SMILES string of the molecule is COc1cccc([C@H]2C3=C(CCCC3=O)N=C(C)C2C(=O)OCCOc2ccccc2)c1. The lowest BCUT2D eigenvalue weighted by atomic mass is 9.72. The van der Waals surface area contributed by atoms with Crippen LogP contribution < -0.4 is 9.47 Å². The number of methoxy groups -OCH3 is 1. The van der Waals surface area contributed by atoms with Gasteiger partial charge in [-0.1, -0.05) is 30.3 Å². The maximum Gasteiger partial charge on any atom is 0.315 e. The molecule has 1 unspecified atom stereocenters. The molecule has 0 saturated carbocycles. The number of para-hydroxylation sites is 1. The molecule has 4 rings (SSSR count). The number of Topliss-reactive ketones (excluding diaryl/α,β-unsaturated/α-hetero) is 1. The molecule has 0 N–H and O–H groups in total. The maximum atomic E-state index is 13.2. The molecule has 0 spiro atoms. The van der Waals surface area contributed by atoms with Gasteiger partial charge in [-0.05, 0) is 49.6 Å². The fourth-order valence-electron chi connectivity index (χ4n) is 4.42. The molecule has 166 valence electrons. The minimum absolute atomic E-state index is 0.0560. The predicted molar refractivity (Wildman–Crippen MR) is 121 cm³/mol. The number of rotatable bonds is 7. The molecule has 0 radical (unpaired) electrons. The minimum Gasteiger partial charge on any atom is -0.497 e. The Hall–Kier alpha value is -3.41. The number of nitrogens with zero attached hydrogens (tertiary/aromatic N) is 1. The Labute approximate surface area is 187 Å². The topological polar surface area (TPSA) is 74.2 Å². The molecule has 2 aliphatic rings. The molecule has 1 aliphatic heterocycles. The Bertz CT molecular complexity index is 1060. The number of hydrogen-bond acceptors (Lipinski definition) is 6. The van der Waals surface area contributed by atoms with Crippen LogP contribution in [0.2, 0.25) is 0 Å². The number of carbonyl (C=O) groups is 2. The van der Waals surface area contributed by atoms with Crippen LogP contribution in [-0.2, 0) is 14.3 Å². The highest BCUT2D eigenvalue weighted by Gasteiger charge is 2.43. The molecule has 2 aromatic rings. The van der Waals surface area contributed by atoms with Gasteiger partial charge in [0.1, 0.15) is 30.6 Å². The fourth-order valence-corrected chi connectivity index (χ4v) is 4.42. The first kappa shape index (κ1) is 21.8. The summed E-state index contributed by atoms with van der Waals surface area (Å²) >= 11 is 0. The first-order chi connectivity index (χ1) is 15.6. The third-order valence-electron chi connectivity index (χ3n) is 5.88. The molecule has 0 fully saturated rings. The molecule has 6 heteroatoms. The van der Waals surface area contributed by atoms with E-state index in [0.29, 0.717) is 23.5 Å². The number of aliphatic imine (C=N–C) groups is 1.